The van der Waals surface area contributed by atoms with E-state index in [1.807, 2.05) is 0 Å². The monoisotopic (exact) mass is 404 g/mol. The first-order valence-corrected chi connectivity index (χ1v) is 13.0. The Morgan fingerprint density at radius 2 is 1.62 bits per heavy atom. The zero-order chi connectivity index (χ0) is 21.0. The van der Waals surface area contributed by atoms with Crippen LogP contribution in [0.1, 0.15) is 105 Å². The number of aliphatic hydroxyl groups is 2. The summed E-state index contributed by atoms with van der Waals surface area (Å²) < 4.78 is 0. The van der Waals surface area contributed by atoms with Gasteiger partial charge in [0.1, 0.15) is 0 Å². The predicted molar refractivity (Wildman–Crippen MR) is 120 cm³/mol. The van der Waals surface area contributed by atoms with Crippen molar-refractivity contribution < 1.29 is 10.2 Å². The SMILES string of the molecule is CC(C)CCC[C@@H](C)[C@H]1CC[C@H]2[C@@H]3CCC4C[C@H](O)C[C@H](O)[C@]4(C)[C@H]3CC[C@]12C. The van der Waals surface area contributed by atoms with Crippen molar-refractivity contribution >= 4 is 0 Å². The van der Waals surface area contributed by atoms with E-state index in [1.165, 1.54) is 57.8 Å². The molecule has 2 N–H and O–H groups in total. The van der Waals surface area contributed by atoms with Gasteiger partial charge >= 0.3 is 0 Å². The number of rotatable bonds is 5. The van der Waals surface area contributed by atoms with Gasteiger partial charge in [-0.1, -0.05) is 53.9 Å². The molecule has 0 aromatic carbocycles. The molecule has 4 saturated carbocycles. The molecule has 168 valence electrons. The first-order chi connectivity index (χ1) is 13.7. The van der Waals surface area contributed by atoms with Crippen molar-refractivity contribution in [2.24, 2.45) is 52.3 Å². The van der Waals surface area contributed by atoms with Crippen molar-refractivity contribution in [3.8, 4) is 0 Å². The summed E-state index contributed by atoms with van der Waals surface area (Å²) in [5, 5.41) is 21.4. The summed E-state index contributed by atoms with van der Waals surface area (Å²) in [6.45, 7) is 12.3. The predicted octanol–water partition coefficient (Wildman–Crippen LogP) is 6.44. The van der Waals surface area contributed by atoms with Crippen LogP contribution in [-0.4, -0.2) is 22.4 Å². The second kappa shape index (κ2) is 8.12. The van der Waals surface area contributed by atoms with Crippen LogP contribution < -0.4 is 0 Å². The minimum Gasteiger partial charge on any atom is -0.393 e. The van der Waals surface area contributed by atoms with Gasteiger partial charge in [-0.25, -0.2) is 0 Å². The van der Waals surface area contributed by atoms with Crippen LogP contribution in [0.5, 0.6) is 0 Å². The van der Waals surface area contributed by atoms with E-state index in [9.17, 15) is 10.2 Å². The van der Waals surface area contributed by atoms with Crippen LogP contribution in [0.25, 0.3) is 0 Å². The maximum Gasteiger partial charge on any atom is 0.0623 e. The molecule has 0 saturated heterocycles. The van der Waals surface area contributed by atoms with Crippen molar-refractivity contribution in [3.05, 3.63) is 0 Å². The average molecular weight is 405 g/mol. The van der Waals surface area contributed by atoms with Gasteiger partial charge in [0, 0.05) is 0 Å². The maximum atomic E-state index is 11.1. The lowest BCUT2D eigenvalue weighted by Gasteiger charge is -2.62. The minimum absolute atomic E-state index is 0.0461. The summed E-state index contributed by atoms with van der Waals surface area (Å²) in [7, 11) is 0. The van der Waals surface area contributed by atoms with E-state index in [0.29, 0.717) is 23.7 Å². The molecule has 0 aliphatic heterocycles. The van der Waals surface area contributed by atoms with Gasteiger partial charge in [0.25, 0.3) is 0 Å². The van der Waals surface area contributed by atoms with Gasteiger partial charge in [0.05, 0.1) is 12.2 Å². The molecule has 4 aliphatic carbocycles. The molecule has 4 fully saturated rings. The highest BCUT2D eigenvalue weighted by Crippen LogP contribution is 2.68. The number of aliphatic hydroxyl groups excluding tert-OH is 2. The Kier molecular flexibility index (Phi) is 6.19. The third-order valence-electron chi connectivity index (χ3n) is 10.9. The molecule has 0 spiro atoms. The number of hydrogen-bond donors (Lipinski definition) is 2. The van der Waals surface area contributed by atoms with E-state index < -0.39 is 0 Å². The van der Waals surface area contributed by atoms with Crippen LogP contribution in [-0.2, 0) is 0 Å². The molecule has 0 heterocycles. The van der Waals surface area contributed by atoms with Gasteiger partial charge in [-0.3, -0.25) is 0 Å². The molecular weight excluding hydrogens is 356 g/mol. The lowest BCUT2D eigenvalue weighted by molar-refractivity contribution is -0.182. The molecule has 0 aromatic rings. The van der Waals surface area contributed by atoms with E-state index in [1.54, 1.807) is 0 Å². The molecule has 2 heteroatoms. The second-order valence-corrected chi connectivity index (χ2v) is 12.7. The number of hydrogen-bond acceptors (Lipinski definition) is 2. The van der Waals surface area contributed by atoms with Crippen LogP contribution in [0.4, 0.5) is 0 Å². The Morgan fingerprint density at radius 1 is 0.862 bits per heavy atom. The first-order valence-electron chi connectivity index (χ1n) is 13.0. The summed E-state index contributed by atoms with van der Waals surface area (Å²) in [6.07, 6.45) is 13.3. The fourth-order valence-corrected chi connectivity index (χ4v) is 9.32. The van der Waals surface area contributed by atoms with E-state index in [4.69, 9.17) is 0 Å². The maximum absolute atomic E-state index is 11.1. The lowest BCUT2D eigenvalue weighted by atomic mass is 9.43. The van der Waals surface area contributed by atoms with E-state index >= 15 is 0 Å². The van der Waals surface area contributed by atoms with Gasteiger partial charge in [-0.05, 0) is 104 Å². The van der Waals surface area contributed by atoms with Gasteiger partial charge in [0.15, 0.2) is 0 Å². The topological polar surface area (TPSA) is 40.5 Å². The minimum atomic E-state index is -0.305. The fourth-order valence-electron chi connectivity index (χ4n) is 9.32. The van der Waals surface area contributed by atoms with Crippen molar-refractivity contribution in [2.45, 2.75) is 117 Å². The third kappa shape index (κ3) is 3.63. The zero-order valence-corrected chi connectivity index (χ0v) is 19.9. The molecule has 0 amide bonds. The number of fused-ring (bicyclic) bond motifs is 5. The fraction of sp³-hybridized carbons (Fsp3) is 1.00. The zero-order valence-electron chi connectivity index (χ0n) is 19.9. The highest BCUT2D eigenvalue weighted by molar-refractivity contribution is 5.11. The molecule has 4 rings (SSSR count). The van der Waals surface area contributed by atoms with Crippen LogP contribution in [0.3, 0.4) is 0 Å². The summed E-state index contributed by atoms with van der Waals surface area (Å²) in [6, 6.07) is 0. The molecule has 0 radical (unpaired) electrons. The van der Waals surface area contributed by atoms with Crippen LogP contribution in [0.2, 0.25) is 0 Å². The molecule has 1 unspecified atom stereocenters. The quantitative estimate of drug-likeness (QED) is 0.553. The average Bonchev–Trinajstić information content (AvgIpc) is 3.00. The van der Waals surface area contributed by atoms with E-state index in [0.717, 1.165) is 36.0 Å². The Bertz CT molecular complexity index is 573. The first kappa shape index (κ1) is 22.1. The van der Waals surface area contributed by atoms with Crippen molar-refractivity contribution in [3.63, 3.8) is 0 Å². The van der Waals surface area contributed by atoms with E-state index in [2.05, 4.69) is 34.6 Å². The van der Waals surface area contributed by atoms with Gasteiger partial charge < -0.3 is 10.2 Å². The Balaban J connectivity index is 1.49. The molecule has 10 atom stereocenters. The molecule has 4 aliphatic rings. The van der Waals surface area contributed by atoms with Gasteiger partial charge in [-0.15, -0.1) is 0 Å². The largest absolute Gasteiger partial charge is 0.393 e. The summed E-state index contributed by atoms with van der Waals surface area (Å²) in [4.78, 5) is 0. The Hall–Kier alpha value is -0.0800. The third-order valence-corrected chi connectivity index (χ3v) is 10.9. The summed E-state index contributed by atoms with van der Waals surface area (Å²) >= 11 is 0. The Labute approximate surface area is 180 Å². The van der Waals surface area contributed by atoms with Gasteiger partial charge in [-0.2, -0.15) is 0 Å². The molecule has 2 nitrogen and oxygen atoms in total. The molecular formula is C27H48O2. The van der Waals surface area contributed by atoms with Crippen molar-refractivity contribution in [2.75, 3.05) is 0 Å². The Morgan fingerprint density at radius 3 is 2.34 bits per heavy atom. The molecule has 29 heavy (non-hydrogen) atoms. The van der Waals surface area contributed by atoms with Crippen LogP contribution in [0, 0.1) is 52.3 Å². The highest BCUT2D eigenvalue weighted by Gasteiger charge is 2.62. The van der Waals surface area contributed by atoms with Crippen molar-refractivity contribution in [1.82, 2.24) is 0 Å². The summed E-state index contributed by atoms with van der Waals surface area (Å²) in [5.41, 5.74) is 0.575. The van der Waals surface area contributed by atoms with Crippen molar-refractivity contribution in [1.29, 1.82) is 0 Å². The molecule has 0 bridgehead atoms. The lowest BCUT2D eigenvalue weighted by Crippen LogP contribution is -2.59. The standard InChI is InChI=1S/C27H48O2/c1-17(2)7-6-8-18(3)22-11-12-23-21-10-9-19-15-20(28)16-25(29)27(19,5)24(21)13-14-26(22,23)4/h17-25,28-29H,6-16H2,1-5H3/t18-,19?,20+,21+,22-,23+,24+,25+,26-,27+/m1/s1. The second-order valence-electron chi connectivity index (χ2n) is 12.7. The highest BCUT2D eigenvalue weighted by atomic mass is 16.3. The molecule has 0 aromatic heterocycles. The smallest absolute Gasteiger partial charge is 0.0623 e. The summed E-state index contributed by atoms with van der Waals surface area (Å²) in [5.74, 6) is 5.49. The van der Waals surface area contributed by atoms with Crippen LogP contribution >= 0.6 is 0 Å². The normalized spacial score (nSPS) is 50.7. The van der Waals surface area contributed by atoms with E-state index in [-0.39, 0.29) is 17.6 Å². The van der Waals surface area contributed by atoms with Gasteiger partial charge in [0.2, 0.25) is 0 Å². The van der Waals surface area contributed by atoms with Crippen LogP contribution in [0.15, 0.2) is 0 Å².